The Balaban J connectivity index is 2.54. The number of hydrogen-bond donors (Lipinski definition) is 3. The SMILES string of the molecule is CCC(C)C1NC(=O)C(NC(=O)C(C(C)CC)N(C)C)C(C(C)C)Oc2ccc(cc2)/C=C\NC1=O. The number of nitrogens with one attached hydrogen (secondary N) is 3. The number of carbonyl (C=O) groups excluding carboxylic acids is 3. The molecular formula is C28H44N4O4. The van der Waals surface area contributed by atoms with Crippen LogP contribution in [-0.2, 0) is 14.4 Å². The number of nitrogens with zero attached hydrogens (tertiary/aromatic N) is 1. The van der Waals surface area contributed by atoms with Crippen molar-refractivity contribution >= 4 is 23.8 Å². The molecule has 2 aliphatic heterocycles. The standard InChI is InChI=1S/C28H44N4O4/c1-9-18(5)22-26(33)29-16-15-20-11-13-21(14-12-20)36-25(17(3)4)23(27(34)30-22)31-28(35)24(32(7)8)19(6)10-2/h11-19,22-25H,9-10H2,1-8H3,(H,29,33)(H,30,34)(H,31,35)/b16-15-. The van der Waals surface area contributed by atoms with Crippen molar-refractivity contribution in [1.29, 1.82) is 0 Å². The maximum Gasteiger partial charge on any atom is 0.247 e. The van der Waals surface area contributed by atoms with Crippen molar-refractivity contribution in [2.75, 3.05) is 14.1 Å². The fourth-order valence-electron chi connectivity index (χ4n) is 4.42. The first-order valence-electron chi connectivity index (χ1n) is 13.0. The van der Waals surface area contributed by atoms with E-state index in [1.165, 1.54) is 0 Å². The lowest BCUT2D eigenvalue weighted by Gasteiger charge is -2.35. The van der Waals surface area contributed by atoms with E-state index < -0.39 is 30.1 Å². The summed E-state index contributed by atoms with van der Waals surface area (Å²) in [6, 6.07) is 5.23. The van der Waals surface area contributed by atoms with Crippen LogP contribution in [0.3, 0.4) is 0 Å². The second-order valence-corrected chi connectivity index (χ2v) is 10.4. The highest BCUT2D eigenvalue weighted by atomic mass is 16.5. The molecule has 0 aromatic heterocycles. The number of ether oxygens (including phenoxy) is 1. The normalized spacial score (nSPS) is 24.2. The Morgan fingerprint density at radius 2 is 1.67 bits per heavy atom. The van der Waals surface area contributed by atoms with Gasteiger partial charge in [-0.05, 0) is 55.6 Å². The van der Waals surface area contributed by atoms with E-state index in [2.05, 4.69) is 16.0 Å². The van der Waals surface area contributed by atoms with Gasteiger partial charge in [-0.15, -0.1) is 0 Å². The maximum atomic E-state index is 13.8. The Morgan fingerprint density at radius 3 is 2.19 bits per heavy atom. The van der Waals surface area contributed by atoms with E-state index in [9.17, 15) is 14.4 Å². The summed E-state index contributed by atoms with van der Waals surface area (Å²) in [6.45, 7) is 11.9. The van der Waals surface area contributed by atoms with Crippen LogP contribution in [0.2, 0.25) is 0 Å². The minimum atomic E-state index is -0.999. The van der Waals surface area contributed by atoms with Crippen molar-refractivity contribution in [3.8, 4) is 5.75 Å². The molecule has 8 heteroatoms. The highest BCUT2D eigenvalue weighted by Crippen LogP contribution is 2.22. The number of fused-ring (bicyclic) bond motifs is 10. The lowest BCUT2D eigenvalue weighted by Crippen LogP contribution is -2.62. The van der Waals surface area contributed by atoms with Crippen LogP contribution < -0.4 is 20.7 Å². The summed E-state index contributed by atoms with van der Waals surface area (Å²) < 4.78 is 6.32. The maximum absolute atomic E-state index is 13.8. The lowest BCUT2D eigenvalue weighted by molar-refractivity contribution is -0.137. The summed E-state index contributed by atoms with van der Waals surface area (Å²) in [7, 11) is 3.72. The molecule has 1 aromatic rings. The van der Waals surface area contributed by atoms with E-state index in [4.69, 9.17) is 4.74 Å². The smallest absolute Gasteiger partial charge is 0.247 e. The van der Waals surface area contributed by atoms with E-state index in [0.29, 0.717) is 12.2 Å². The van der Waals surface area contributed by atoms with E-state index in [1.807, 2.05) is 84.8 Å². The van der Waals surface area contributed by atoms with Gasteiger partial charge in [-0.2, -0.15) is 0 Å². The molecule has 0 spiro atoms. The third-order valence-electron chi connectivity index (χ3n) is 7.02. The Bertz CT molecular complexity index is 913. The molecule has 6 unspecified atom stereocenters. The molecule has 3 rings (SSSR count). The number of hydrogen-bond acceptors (Lipinski definition) is 5. The van der Waals surface area contributed by atoms with Gasteiger partial charge in [-0.1, -0.05) is 66.5 Å². The molecule has 2 aliphatic rings. The highest BCUT2D eigenvalue weighted by molar-refractivity contribution is 5.94. The van der Waals surface area contributed by atoms with Gasteiger partial charge in [-0.25, -0.2) is 0 Å². The first kappa shape index (κ1) is 29.4. The average Bonchev–Trinajstić information content (AvgIpc) is 2.83. The number of carbonyl (C=O) groups is 3. The van der Waals surface area contributed by atoms with Gasteiger partial charge in [0.25, 0.3) is 0 Å². The first-order valence-corrected chi connectivity index (χ1v) is 13.0. The molecule has 6 atom stereocenters. The van der Waals surface area contributed by atoms with Gasteiger partial charge in [-0.3, -0.25) is 19.3 Å². The summed E-state index contributed by atoms with van der Waals surface area (Å²) in [4.78, 5) is 42.2. The minimum absolute atomic E-state index is 0.0814. The van der Waals surface area contributed by atoms with Crippen molar-refractivity contribution in [1.82, 2.24) is 20.9 Å². The van der Waals surface area contributed by atoms with E-state index >= 15 is 0 Å². The largest absolute Gasteiger partial charge is 0.487 e. The van der Waals surface area contributed by atoms with Crippen LogP contribution in [-0.4, -0.2) is 60.9 Å². The number of amides is 3. The predicted molar refractivity (Wildman–Crippen MR) is 143 cm³/mol. The van der Waals surface area contributed by atoms with Crippen LogP contribution in [0.15, 0.2) is 30.5 Å². The summed E-state index contributed by atoms with van der Waals surface area (Å²) in [5.41, 5.74) is 0.900. The average molecular weight is 501 g/mol. The summed E-state index contributed by atoms with van der Waals surface area (Å²) >= 11 is 0. The fourth-order valence-corrected chi connectivity index (χ4v) is 4.42. The van der Waals surface area contributed by atoms with E-state index in [-0.39, 0.29) is 29.6 Å². The zero-order valence-electron chi connectivity index (χ0n) is 23.0. The van der Waals surface area contributed by atoms with Crippen molar-refractivity contribution in [3.05, 3.63) is 36.0 Å². The lowest BCUT2D eigenvalue weighted by atomic mass is 9.93. The van der Waals surface area contributed by atoms with Crippen LogP contribution in [0.25, 0.3) is 6.08 Å². The van der Waals surface area contributed by atoms with Gasteiger partial charge < -0.3 is 20.7 Å². The second kappa shape index (κ2) is 13.4. The third kappa shape index (κ3) is 7.56. The molecule has 0 fully saturated rings. The van der Waals surface area contributed by atoms with Crippen molar-refractivity contribution in [2.45, 2.75) is 78.6 Å². The molecule has 1 aromatic carbocycles. The van der Waals surface area contributed by atoms with Crippen LogP contribution in [0.4, 0.5) is 0 Å². The topological polar surface area (TPSA) is 99.8 Å². The molecule has 0 aliphatic carbocycles. The van der Waals surface area contributed by atoms with Gasteiger partial charge >= 0.3 is 0 Å². The Morgan fingerprint density at radius 1 is 1.03 bits per heavy atom. The van der Waals surface area contributed by atoms with Crippen LogP contribution in [0.1, 0.15) is 59.9 Å². The molecule has 200 valence electrons. The molecule has 2 bridgehead atoms. The van der Waals surface area contributed by atoms with Crippen LogP contribution in [0, 0.1) is 17.8 Å². The Kier molecular flexibility index (Phi) is 11.0. The first-order chi connectivity index (χ1) is 17.0. The fraction of sp³-hybridized carbons (Fsp3) is 0.607. The molecule has 3 N–H and O–H groups in total. The van der Waals surface area contributed by atoms with Gasteiger partial charge in [0.05, 0.1) is 6.04 Å². The minimum Gasteiger partial charge on any atom is -0.487 e. The molecule has 2 heterocycles. The Hall–Kier alpha value is -2.87. The molecule has 8 nitrogen and oxygen atoms in total. The van der Waals surface area contributed by atoms with Crippen molar-refractivity contribution < 1.29 is 19.1 Å². The van der Waals surface area contributed by atoms with Crippen molar-refractivity contribution in [2.24, 2.45) is 17.8 Å². The Labute approximate surface area is 216 Å². The quantitative estimate of drug-likeness (QED) is 0.509. The molecule has 0 saturated carbocycles. The summed E-state index contributed by atoms with van der Waals surface area (Å²) in [5, 5.41) is 8.71. The molecule has 0 radical (unpaired) electrons. The van der Waals surface area contributed by atoms with Crippen LogP contribution >= 0.6 is 0 Å². The number of likely N-dealkylation sites (N-methyl/N-ethyl adjacent to an activating group) is 1. The summed E-state index contributed by atoms with van der Waals surface area (Å²) in [5.74, 6) is -0.528. The van der Waals surface area contributed by atoms with Crippen LogP contribution in [0.5, 0.6) is 5.75 Å². The monoisotopic (exact) mass is 500 g/mol. The molecule has 0 saturated heterocycles. The van der Waals surface area contributed by atoms with Gasteiger partial charge in [0.1, 0.15) is 23.9 Å². The zero-order valence-corrected chi connectivity index (χ0v) is 23.0. The zero-order chi connectivity index (χ0) is 27.0. The number of benzene rings is 1. The molecule has 36 heavy (non-hydrogen) atoms. The molecular weight excluding hydrogens is 456 g/mol. The number of rotatable bonds is 8. The van der Waals surface area contributed by atoms with Gasteiger partial charge in [0, 0.05) is 6.20 Å². The third-order valence-corrected chi connectivity index (χ3v) is 7.02. The van der Waals surface area contributed by atoms with Crippen molar-refractivity contribution in [3.63, 3.8) is 0 Å². The molecule has 3 amide bonds. The highest BCUT2D eigenvalue weighted by Gasteiger charge is 2.39. The second-order valence-electron chi connectivity index (χ2n) is 10.4. The van der Waals surface area contributed by atoms with Gasteiger partial charge in [0.15, 0.2) is 0 Å². The van der Waals surface area contributed by atoms with E-state index in [1.54, 1.807) is 12.3 Å². The summed E-state index contributed by atoms with van der Waals surface area (Å²) in [6.07, 6.45) is 4.23. The van der Waals surface area contributed by atoms with Gasteiger partial charge in [0.2, 0.25) is 17.7 Å². The predicted octanol–water partition coefficient (Wildman–Crippen LogP) is 3.18. The van der Waals surface area contributed by atoms with E-state index in [0.717, 1.165) is 12.0 Å².